The topological polar surface area (TPSA) is 66.8 Å². The predicted molar refractivity (Wildman–Crippen MR) is 113 cm³/mol. The molecular formula is C25H40O4. The van der Waals surface area contributed by atoms with E-state index in [9.17, 15) is 15.0 Å². The lowest BCUT2D eigenvalue weighted by molar-refractivity contribution is -0.198. The van der Waals surface area contributed by atoms with Crippen molar-refractivity contribution >= 4 is 5.97 Å². The van der Waals surface area contributed by atoms with Gasteiger partial charge in [-0.2, -0.15) is 0 Å². The molecule has 4 aliphatic carbocycles. The Labute approximate surface area is 176 Å². The number of aliphatic hydroxyl groups excluding tert-OH is 1. The monoisotopic (exact) mass is 404 g/mol. The first-order valence-corrected chi connectivity index (χ1v) is 11.7. The van der Waals surface area contributed by atoms with Gasteiger partial charge in [0.05, 0.1) is 6.10 Å². The van der Waals surface area contributed by atoms with Crippen molar-refractivity contribution in [2.24, 2.45) is 34.0 Å². The summed E-state index contributed by atoms with van der Waals surface area (Å²) < 4.78 is 5.48. The molecule has 0 saturated heterocycles. The summed E-state index contributed by atoms with van der Waals surface area (Å²) in [5.41, 5.74) is 0.164. The highest BCUT2D eigenvalue weighted by Gasteiger charge is 2.70. The molecule has 29 heavy (non-hydrogen) atoms. The summed E-state index contributed by atoms with van der Waals surface area (Å²) >= 11 is 0. The number of carbonyl (C=O) groups excluding carboxylic acids is 1. The highest BCUT2D eigenvalue weighted by atomic mass is 16.5. The number of hydrogen-bond donors (Lipinski definition) is 2. The standard InChI is InChI=1S/C25H40O4/c1-16(2)11-21(27)29-15-25(28)14-24-13-17(25)7-8-18(24)23(5)10-6-9-22(3,4)19(23)12-20(24)26/h11,17-20,26,28H,6-10,12-15H2,1-5H3/t17-,18-,19+,20+,23-,24+,25-/m1/s1. The summed E-state index contributed by atoms with van der Waals surface area (Å²) in [6, 6.07) is 0. The molecule has 0 aromatic heterocycles. The molecule has 4 fully saturated rings. The Hall–Kier alpha value is -0.870. The lowest BCUT2D eigenvalue weighted by Gasteiger charge is -2.65. The molecule has 0 radical (unpaired) electrons. The molecule has 164 valence electrons. The van der Waals surface area contributed by atoms with Crippen LogP contribution in [-0.4, -0.2) is 34.5 Å². The number of allylic oxidation sites excluding steroid dienone is 1. The Bertz CT molecular complexity index is 708. The third kappa shape index (κ3) is 3.20. The number of carbonyl (C=O) groups is 1. The van der Waals surface area contributed by atoms with Gasteiger partial charge in [0.2, 0.25) is 0 Å². The van der Waals surface area contributed by atoms with Gasteiger partial charge in [0.1, 0.15) is 12.2 Å². The van der Waals surface area contributed by atoms with E-state index in [-0.39, 0.29) is 40.8 Å². The molecule has 0 aromatic rings. The van der Waals surface area contributed by atoms with Crippen LogP contribution < -0.4 is 0 Å². The normalized spacial score (nSPS) is 47.7. The molecule has 0 unspecified atom stereocenters. The molecule has 0 amide bonds. The molecule has 2 N–H and O–H groups in total. The molecule has 0 aromatic carbocycles. The van der Waals surface area contributed by atoms with Crippen LogP contribution in [0.2, 0.25) is 0 Å². The maximum Gasteiger partial charge on any atom is 0.330 e. The van der Waals surface area contributed by atoms with Crippen molar-refractivity contribution in [1.82, 2.24) is 0 Å². The molecule has 4 aliphatic rings. The summed E-state index contributed by atoms with van der Waals surface area (Å²) in [7, 11) is 0. The van der Waals surface area contributed by atoms with Crippen LogP contribution in [0.4, 0.5) is 0 Å². The molecule has 4 heteroatoms. The molecule has 0 aliphatic heterocycles. The minimum absolute atomic E-state index is 0.0487. The molecule has 7 atom stereocenters. The molecular weight excluding hydrogens is 364 g/mol. The summed E-state index contributed by atoms with van der Waals surface area (Å²) in [4.78, 5) is 12.0. The zero-order valence-electron chi connectivity index (χ0n) is 19.0. The minimum atomic E-state index is -1.01. The van der Waals surface area contributed by atoms with Crippen LogP contribution >= 0.6 is 0 Å². The number of esters is 1. The maximum atomic E-state index is 12.0. The Morgan fingerprint density at radius 2 is 1.86 bits per heavy atom. The second-order valence-corrected chi connectivity index (χ2v) is 12.0. The molecule has 0 heterocycles. The fourth-order valence-electron chi connectivity index (χ4n) is 8.47. The van der Waals surface area contributed by atoms with E-state index in [0.29, 0.717) is 18.3 Å². The van der Waals surface area contributed by atoms with Crippen molar-refractivity contribution in [3.8, 4) is 0 Å². The first-order valence-electron chi connectivity index (χ1n) is 11.7. The third-order valence-electron chi connectivity index (χ3n) is 9.58. The quantitative estimate of drug-likeness (QED) is 0.532. The molecule has 1 spiro atoms. The average Bonchev–Trinajstić information content (AvgIpc) is 2.83. The Morgan fingerprint density at radius 3 is 2.55 bits per heavy atom. The van der Waals surface area contributed by atoms with Crippen molar-refractivity contribution in [1.29, 1.82) is 0 Å². The van der Waals surface area contributed by atoms with E-state index in [0.717, 1.165) is 31.3 Å². The maximum absolute atomic E-state index is 12.0. The van der Waals surface area contributed by atoms with E-state index in [1.54, 1.807) is 0 Å². The van der Waals surface area contributed by atoms with E-state index in [1.165, 1.54) is 25.3 Å². The number of ether oxygens (including phenoxy) is 1. The van der Waals surface area contributed by atoms with Gasteiger partial charge in [-0.05, 0) is 87.4 Å². The fraction of sp³-hybridized carbons (Fsp3) is 0.880. The number of aliphatic hydroxyl groups is 2. The average molecular weight is 405 g/mol. The Balaban J connectivity index is 1.60. The van der Waals surface area contributed by atoms with Gasteiger partial charge in [0, 0.05) is 11.5 Å². The van der Waals surface area contributed by atoms with E-state index in [2.05, 4.69) is 20.8 Å². The second-order valence-electron chi connectivity index (χ2n) is 12.0. The summed E-state index contributed by atoms with van der Waals surface area (Å²) in [5.74, 6) is 0.723. The van der Waals surface area contributed by atoms with E-state index >= 15 is 0 Å². The van der Waals surface area contributed by atoms with Gasteiger partial charge >= 0.3 is 5.97 Å². The van der Waals surface area contributed by atoms with Crippen LogP contribution in [0.5, 0.6) is 0 Å². The van der Waals surface area contributed by atoms with Crippen molar-refractivity contribution < 1.29 is 19.7 Å². The van der Waals surface area contributed by atoms with Crippen LogP contribution in [0.15, 0.2) is 11.6 Å². The number of rotatable bonds is 3. The molecule has 4 rings (SSSR count). The Morgan fingerprint density at radius 1 is 1.14 bits per heavy atom. The van der Waals surface area contributed by atoms with Gasteiger partial charge in [-0.3, -0.25) is 0 Å². The minimum Gasteiger partial charge on any atom is -0.459 e. The number of hydrogen-bond acceptors (Lipinski definition) is 4. The SMILES string of the molecule is CC(C)=CC(=O)OC[C@]1(O)C[C@@]23C[C@H]1CC[C@@H]2[C@@]1(C)CCCC(C)(C)[C@@H]1C[C@@H]3O. The van der Waals surface area contributed by atoms with Crippen molar-refractivity contribution in [3.63, 3.8) is 0 Å². The number of fused-ring (bicyclic) bond motifs is 3. The van der Waals surface area contributed by atoms with Gasteiger partial charge < -0.3 is 14.9 Å². The molecule has 2 bridgehead atoms. The van der Waals surface area contributed by atoms with Gasteiger partial charge in [-0.1, -0.05) is 32.8 Å². The lowest BCUT2D eigenvalue weighted by atomic mass is 9.40. The highest BCUT2D eigenvalue weighted by Crippen LogP contribution is 2.72. The van der Waals surface area contributed by atoms with Gasteiger partial charge in [-0.15, -0.1) is 0 Å². The largest absolute Gasteiger partial charge is 0.459 e. The summed E-state index contributed by atoms with van der Waals surface area (Å²) in [5, 5.41) is 23.0. The van der Waals surface area contributed by atoms with E-state index in [1.807, 2.05) is 13.8 Å². The fourth-order valence-corrected chi connectivity index (χ4v) is 8.47. The third-order valence-corrected chi connectivity index (χ3v) is 9.58. The predicted octanol–water partition coefficient (Wildman–Crippen LogP) is 4.63. The van der Waals surface area contributed by atoms with Crippen LogP contribution in [0.3, 0.4) is 0 Å². The molecule has 4 saturated carbocycles. The zero-order valence-corrected chi connectivity index (χ0v) is 19.0. The van der Waals surface area contributed by atoms with E-state index < -0.39 is 5.60 Å². The zero-order chi connectivity index (χ0) is 21.2. The second kappa shape index (κ2) is 6.82. The van der Waals surface area contributed by atoms with E-state index in [4.69, 9.17) is 4.74 Å². The van der Waals surface area contributed by atoms with Crippen LogP contribution in [-0.2, 0) is 9.53 Å². The van der Waals surface area contributed by atoms with Crippen LogP contribution in [0.25, 0.3) is 0 Å². The van der Waals surface area contributed by atoms with Crippen LogP contribution in [0.1, 0.15) is 86.0 Å². The summed E-state index contributed by atoms with van der Waals surface area (Å²) in [6.07, 6.45) is 9.19. The first-order chi connectivity index (χ1) is 13.4. The van der Waals surface area contributed by atoms with Gasteiger partial charge in [-0.25, -0.2) is 4.79 Å². The van der Waals surface area contributed by atoms with Crippen molar-refractivity contribution in [2.45, 2.75) is 97.7 Å². The summed E-state index contributed by atoms with van der Waals surface area (Å²) in [6.45, 7) is 11.0. The highest BCUT2D eigenvalue weighted by molar-refractivity contribution is 5.82. The van der Waals surface area contributed by atoms with Crippen LogP contribution in [0, 0.1) is 34.0 Å². The van der Waals surface area contributed by atoms with Crippen molar-refractivity contribution in [2.75, 3.05) is 6.61 Å². The van der Waals surface area contributed by atoms with Crippen molar-refractivity contribution in [3.05, 3.63) is 11.6 Å². The van der Waals surface area contributed by atoms with Gasteiger partial charge in [0.15, 0.2) is 0 Å². The smallest absolute Gasteiger partial charge is 0.330 e. The molecule has 4 nitrogen and oxygen atoms in total. The van der Waals surface area contributed by atoms with Gasteiger partial charge in [0.25, 0.3) is 0 Å². The lowest BCUT2D eigenvalue weighted by Crippen LogP contribution is -2.61. The first kappa shape index (κ1) is 21.4. The Kier molecular flexibility index (Phi) is 5.02.